The van der Waals surface area contributed by atoms with Gasteiger partial charge >= 0.3 is 0 Å². The van der Waals surface area contributed by atoms with Crippen LogP contribution in [0.4, 0.5) is 0 Å². The number of nitrogens with one attached hydrogen (secondary N) is 1. The van der Waals surface area contributed by atoms with Crippen LogP contribution in [0.2, 0.25) is 0 Å². The summed E-state index contributed by atoms with van der Waals surface area (Å²) in [7, 11) is 0. The normalized spacial score (nSPS) is 12.1. The minimum absolute atomic E-state index is 0.0458. The number of amides is 1. The number of benzene rings is 1. The van der Waals surface area contributed by atoms with E-state index in [1.807, 2.05) is 19.1 Å². The van der Waals surface area contributed by atoms with Gasteiger partial charge < -0.3 is 9.73 Å². The molecule has 0 aliphatic heterocycles. The Labute approximate surface area is 113 Å². The highest BCUT2D eigenvalue weighted by atomic mass is 16.3. The zero-order valence-electron chi connectivity index (χ0n) is 11.3. The van der Waals surface area contributed by atoms with E-state index in [0.717, 1.165) is 12.2 Å². The van der Waals surface area contributed by atoms with Gasteiger partial charge in [-0.15, -0.1) is 0 Å². The number of aryl methyl sites for hydroxylation is 2. The summed E-state index contributed by atoms with van der Waals surface area (Å²) >= 11 is 0. The molecule has 0 bridgehead atoms. The van der Waals surface area contributed by atoms with Gasteiger partial charge in [-0.25, -0.2) is 0 Å². The molecule has 1 aromatic heterocycles. The molecule has 2 aromatic rings. The van der Waals surface area contributed by atoms with Gasteiger partial charge in [-0.3, -0.25) is 4.79 Å². The van der Waals surface area contributed by atoms with Gasteiger partial charge in [-0.05, 0) is 38.0 Å². The van der Waals surface area contributed by atoms with Crippen molar-refractivity contribution in [2.75, 3.05) is 0 Å². The molecule has 3 heteroatoms. The maximum Gasteiger partial charge on any atom is 0.220 e. The second-order valence-electron chi connectivity index (χ2n) is 4.79. The van der Waals surface area contributed by atoms with E-state index in [2.05, 4.69) is 36.5 Å². The van der Waals surface area contributed by atoms with Crippen LogP contribution < -0.4 is 5.32 Å². The molecule has 1 unspecified atom stereocenters. The second kappa shape index (κ2) is 6.23. The monoisotopic (exact) mass is 257 g/mol. The van der Waals surface area contributed by atoms with E-state index >= 15 is 0 Å². The Kier molecular flexibility index (Phi) is 4.39. The van der Waals surface area contributed by atoms with Crippen LogP contribution in [-0.4, -0.2) is 5.91 Å². The lowest BCUT2D eigenvalue weighted by molar-refractivity contribution is -0.121. The lowest BCUT2D eigenvalue weighted by Crippen LogP contribution is -2.26. The second-order valence-corrected chi connectivity index (χ2v) is 4.79. The molecular weight excluding hydrogens is 238 g/mol. The molecule has 0 saturated carbocycles. The maximum absolute atomic E-state index is 11.8. The van der Waals surface area contributed by atoms with E-state index in [1.165, 1.54) is 11.1 Å². The van der Waals surface area contributed by atoms with Crippen molar-refractivity contribution in [3.05, 3.63) is 59.5 Å². The molecule has 0 fully saturated rings. The first-order chi connectivity index (χ1) is 9.15. The van der Waals surface area contributed by atoms with Gasteiger partial charge in [0.05, 0.1) is 12.3 Å². The van der Waals surface area contributed by atoms with Crippen molar-refractivity contribution in [3.63, 3.8) is 0 Å². The van der Waals surface area contributed by atoms with Gasteiger partial charge in [0, 0.05) is 6.42 Å². The van der Waals surface area contributed by atoms with Crippen molar-refractivity contribution < 1.29 is 9.21 Å². The summed E-state index contributed by atoms with van der Waals surface area (Å²) in [6, 6.07) is 11.9. The van der Waals surface area contributed by atoms with E-state index < -0.39 is 0 Å². The number of rotatable bonds is 5. The van der Waals surface area contributed by atoms with Gasteiger partial charge in [-0.1, -0.05) is 29.8 Å². The Balaban J connectivity index is 1.80. The average Bonchev–Trinajstić information content (AvgIpc) is 2.92. The van der Waals surface area contributed by atoms with Crippen molar-refractivity contribution >= 4 is 5.91 Å². The molecule has 1 N–H and O–H groups in total. The maximum atomic E-state index is 11.8. The van der Waals surface area contributed by atoms with Crippen molar-refractivity contribution in [2.24, 2.45) is 0 Å². The van der Waals surface area contributed by atoms with Crippen LogP contribution in [0.5, 0.6) is 0 Å². The third kappa shape index (κ3) is 3.98. The molecule has 0 aliphatic carbocycles. The minimum Gasteiger partial charge on any atom is -0.467 e. The molecule has 0 spiro atoms. The molecule has 1 atom stereocenters. The summed E-state index contributed by atoms with van der Waals surface area (Å²) in [6.07, 6.45) is 2.87. The number of furan rings is 1. The molecule has 1 amide bonds. The molecular formula is C16H19NO2. The van der Waals surface area contributed by atoms with E-state index in [1.54, 1.807) is 6.26 Å². The smallest absolute Gasteiger partial charge is 0.220 e. The fourth-order valence-corrected chi connectivity index (χ4v) is 1.94. The van der Waals surface area contributed by atoms with Crippen molar-refractivity contribution in [3.8, 4) is 0 Å². The summed E-state index contributed by atoms with van der Waals surface area (Å²) in [6.45, 7) is 3.98. The van der Waals surface area contributed by atoms with Gasteiger partial charge in [0.2, 0.25) is 5.91 Å². The highest BCUT2D eigenvalue weighted by Gasteiger charge is 2.11. The lowest BCUT2D eigenvalue weighted by atomic mass is 10.1. The number of hydrogen-bond donors (Lipinski definition) is 1. The van der Waals surface area contributed by atoms with Crippen LogP contribution in [0, 0.1) is 6.92 Å². The molecule has 2 rings (SSSR count). The highest BCUT2D eigenvalue weighted by molar-refractivity contribution is 5.76. The van der Waals surface area contributed by atoms with Gasteiger partial charge in [0.15, 0.2) is 0 Å². The summed E-state index contributed by atoms with van der Waals surface area (Å²) < 4.78 is 5.26. The first kappa shape index (κ1) is 13.4. The van der Waals surface area contributed by atoms with Crippen LogP contribution in [0.15, 0.2) is 47.1 Å². The van der Waals surface area contributed by atoms with Crippen LogP contribution in [0.25, 0.3) is 0 Å². The van der Waals surface area contributed by atoms with Gasteiger partial charge in [0.25, 0.3) is 0 Å². The fraction of sp³-hybridized carbons (Fsp3) is 0.312. The summed E-state index contributed by atoms with van der Waals surface area (Å²) in [5, 5.41) is 2.93. The predicted molar refractivity (Wildman–Crippen MR) is 74.8 cm³/mol. The van der Waals surface area contributed by atoms with Crippen molar-refractivity contribution in [1.29, 1.82) is 0 Å². The number of carbonyl (C=O) groups excluding carboxylic acids is 1. The van der Waals surface area contributed by atoms with Crippen LogP contribution >= 0.6 is 0 Å². The fourth-order valence-electron chi connectivity index (χ4n) is 1.94. The highest BCUT2D eigenvalue weighted by Crippen LogP contribution is 2.12. The predicted octanol–water partition coefficient (Wildman–Crippen LogP) is 3.40. The van der Waals surface area contributed by atoms with E-state index in [-0.39, 0.29) is 11.9 Å². The first-order valence-corrected chi connectivity index (χ1v) is 6.53. The van der Waals surface area contributed by atoms with Crippen LogP contribution in [0.3, 0.4) is 0 Å². The minimum atomic E-state index is -0.0829. The third-order valence-electron chi connectivity index (χ3n) is 3.11. The van der Waals surface area contributed by atoms with Crippen molar-refractivity contribution in [1.82, 2.24) is 5.32 Å². The Morgan fingerprint density at radius 1 is 1.26 bits per heavy atom. The third-order valence-corrected chi connectivity index (χ3v) is 3.11. The summed E-state index contributed by atoms with van der Waals surface area (Å²) in [5.74, 6) is 0.827. The molecule has 1 heterocycles. The molecule has 1 aromatic carbocycles. The Morgan fingerprint density at radius 3 is 2.63 bits per heavy atom. The largest absolute Gasteiger partial charge is 0.467 e. The SMILES string of the molecule is Cc1ccc(CCC(=O)NC(C)c2ccco2)cc1. The van der Waals surface area contributed by atoms with E-state index in [9.17, 15) is 4.79 Å². The van der Waals surface area contributed by atoms with Crippen LogP contribution in [0.1, 0.15) is 36.3 Å². The quantitative estimate of drug-likeness (QED) is 0.892. The summed E-state index contributed by atoms with van der Waals surface area (Å²) in [4.78, 5) is 11.8. The molecule has 0 saturated heterocycles. The van der Waals surface area contributed by atoms with E-state index in [4.69, 9.17) is 4.42 Å². The average molecular weight is 257 g/mol. The van der Waals surface area contributed by atoms with Crippen molar-refractivity contribution in [2.45, 2.75) is 32.7 Å². The van der Waals surface area contributed by atoms with Crippen LogP contribution in [-0.2, 0) is 11.2 Å². The molecule has 0 radical (unpaired) electrons. The standard InChI is InChI=1S/C16H19NO2/c1-12-5-7-14(8-6-12)9-10-16(18)17-13(2)15-4-3-11-19-15/h3-8,11,13H,9-10H2,1-2H3,(H,17,18). The number of hydrogen-bond acceptors (Lipinski definition) is 2. The topological polar surface area (TPSA) is 42.2 Å². The molecule has 100 valence electrons. The summed E-state index contributed by atoms with van der Waals surface area (Å²) in [5.41, 5.74) is 2.42. The van der Waals surface area contributed by atoms with E-state index in [0.29, 0.717) is 6.42 Å². The van der Waals surface area contributed by atoms with Gasteiger partial charge in [0.1, 0.15) is 5.76 Å². The zero-order chi connectivity index (χ0) is 13.7. The lowest BCUT2D eigenvalue weighted by Gasteiger charge is -2.11. The Bertz CT molecular complexity index is 514. The number of carbonyl (C=O) groups is 1. The molecule has 0 aliphatic rings. The van der Waals surface area contributed by atoms with Gasteiger partial charge in [-0.2, -0.15) is 0 Å². The first-order valence-electron chi connectivity index (χ1n) is 6.53. The molecule has 3 nitrogen and oxygen atoms in total. The Hall–Kier alpha value is -2.03. The Morgan fingerprint density at radius 2 is 2.00 bits per heavy atom. The zero-order valence-corrected chi connectivity index (χ0v) is 11.3. The molecule has 19 heavy (non-hydrogen) atoms.